The SMILES string of the molecule is C=C(/C=C1\C(=O)C(/C=C2\Sc3ccccc3N2C)=C1O)Sc1ccccc1NC. The molecule has 6 heteroatoms. The Morgan fingerprint density at radius 1 is 1.21 bits per heavy atom. The van der Waals surface area contributed by atoms with Crippen molar-refractivity contribution in [2.24, 2.45) is 0 Å². The molecule has 2 aromatic carbocycles. The fourth-order valence-corrected chi connectivity index (χ4v) is 5.15. The number of benzene rings is 2. The molecule has 0 bridgehead atoms. The summed E-state index contributed by atoms with van der Waals surface area (Å²) >= 11 is 3.04. The second-order valence-electron chi connectivity index (χ2n) is 6.58. The average molecular weight is 421 g/mol. The van der Waals surface area contributed by atoms with Gasteiger partial charge < -0.3 is 15.3 Å². The van der Waals surface area contributed by atoms with Gasteiger partial charge in [-0.25, -0.2) is 0 Å². The van der Waals surface area contributed by atoms with Gasteiger partial charge in [0.05, 0.1) is 21.9 Å². The number of aliphatic hydroxyl groups excluding tert-OH is 1. The van der Waals surface area contributed by atoms with Crippen molar-refractivity contribution in [3.8, 4) is 0 Å². The smallest absolute Gasteiger partial charge is 0.200 e. The highest BCUT2D eigenvalue weighted by Crippen LogP contribution is 2.46. The Hall–Kier alpha value is -2.83. The maximum absolute atomic E-state index is 12.6. The third kappa shape index (κ3) is 3.61. The van der Waals surface area contributed by atoms with Crippen LogP contribution in [0.2, 0.25) is 0 Å². The van der Waals surface area contributed by atoms with E-state index in [4.69, 9.17) is 0 Å². The van der Waals surface area contributed by atoms with Crippen LogP contribution >= 0.6 is 23.5 Å². The lowest BCUT2D eigenvalue weighted by molar-refractivity contribution is -0.113. The van der Waals surface area contributed by atoms with E-state index in [-0.39, 0.29) is 11.5 Å². The number of nitrogens with one attached hydrogen (secondary N) is 1. The van der Waals surface area contributed by atoms with Crippen molar-refractivity contribution in [3.63, 3.8) is 0 Å². The number of carbonyl (C=O) groups excluding carboxylic acids is 1. The number of anilines is 2. The van der Waals surface area contributed by atoms with Crippen molar-refractivity contribution in [1.82, 2.24) is 0 Å². The van der Waals surface area contributed by atoms with Gasteiger partial charge >= 0.3 is 0 Å². The van der Waals surface area contributed by atoms with Crippen LogP contribution in [0.5, 0.6) is 0 Å². The minimum Gasteiger partial charge on any atom is -0.506 e. The van der Waals surface area contributed by atoms with Gasteiger partial charge in [-0.05, 0) is 36.4 Å². The van der Waals surface area contributed by atoms with Crippen LogP contribution in [0.4, 0.5) is 11.4 Å². The summed E-state index contributed by atoms with van der Waals surface area (Å²) in [6.07, 6.45) is 3.41. The standard InChI is InChI=1S/C23H20N2O2S2/c1-14(28-19-10-6-4-8-17(19)24-2)12-15-22(26)16(23(15)27)13-21-25(3)18-9-5-7-11-20(18)29-21/h4-13,24,26H,1H2,2-3H3/b15-12-,21-13-. The average Bonchev–Trinajstić information content (AvgIpc) is 3.06. The van der Waals surface area contributed by atoms with Crippen molar-refractivity contribution in [2.75, 3.05) is 24.3 Å². The Bertz CT molecular complexity index is 1120. The Morgan fingerprint density at radius 2 is 1.93 bits per heavy atom. The van der Waals surface area contributed by atoms with Crippen molar-refractivity contribution in [3.05, 3.63) is 94.1 Å². The minimum absolute atomic E-state index is 0.0242. The van der Waals surface area contributed by atoms with E-state index in [9.17, 15) is 9.90 Å². The van der Waals surface area contributed by atoms with E-state index < -0.39 is 0 Å². The predicted molar refractivity (Wildman–Crippen MR) is 123 cm³/mol. The topological polar surface area (TPSA) is 52.6 Å². The molecule has 0 unspecified atom stereocenters. The number of rotatable bonds is 5. The normalized spacial score (nSPS) is 18.3. The highest BCUT2D eigenvalue weighted by Gasteiger charge is 2.34. The lowest BCUT2D eigenvalue weighted by Gasteiger charge is -2.21. The van der Waals surface area contributed by atoms with Gasteiger partial charge in [-0.3, -0.25) is 4.79 Å². The molecular formula is C23H20N2O2S2. The van der Waals surface area contributed by atoms with E-state index >= 15 is 0 Å². The molecule has 0 aromatic heterocycles. The first kappa shape index (κ1) is 19.5. The number of Topliss-reactive ketones (excluding diaryl/α,β-unsaturated/α-hetero) is 1. The molecule has 0 spiro atoms. The second-order valence-corrected chi connectivity index (χ2v) is 8.81. The van der Waals surface area contributed by atoms with Crippen LogP contribution in [0.15, 0.2) is 104 Å². The summed E-state index contributed by atoms with van der Waals surface area (Å²) in [6, 6.07) is 15.9. The molecule has 2 aromatic rings. The third-order valence-corrected chi connectivity index (χ3v) is 6.86. The number of nitrogens with zero attached hydrogens (tertiary/aromatic N) is 1. The lowest BCUT2D eigenvalue weighted by atomic mass is 9.88. The Balaban J connectivity index is 1.53. The largest absolute Gasteiger partial charge is 0.506 e. The van der Waals surface area contributed by atoms with Gasteiger partial charge in [0.1, 0.15) is 5.76 Å². The van der Waals surface area contributed by atoms with Crippen LogP contribution in [0.1, 0.15) is 0 Å². The molecule has 4 rings (SSSR count). The summed E-state index contributed by atoms with van der Waals surface area (Å²) in [4.78, 5) is 17.5. The second kappa shape index (κ2) is 7.89. The molecule has 4 nitrogen and oxygen atoms in total. The highest BCUT2D eigenvalue weighted by atomic mass is 32.2. The Morgan fingerprint density at radius 3 is 2.66 bits per heavy atom. The number of thioether (sulfide) groups is 2. The van der Waals surface area contributed by atoms with E-state index in [1.807, 2.05) is 67.5 Å². The molecule has 1 aliphatic carbocycles. The van der Waals surface area contributed by atoms with Gasteiger partial charge in [-0.1, -0.05) is 54.4 Å². The Labute approximate surface area is 178 Å². The van der Waals surface area contributed by atoms with Gasteiger partial charge in [0.2, 0.25) is 5.78 Å². The van der Waals surface area contributed by atoms with Crippen molar-refractivity contribution >= 4 is 40.7 Å². The molecule has 1 heterocycles. The zero-order valence-electron chi connectivity index (χ0n) is 16.1. The van der Waals surface area contributed by atoms with Crippen LogP contribution in [0.3, 0.4) is 0 Å². The van der Waals surface area contributed by atoms with Gasteiger partial charge in [0, 0.05) is 34.5 Å². The summed E-state index contributed by atoms with van der Waals surface area (Å²) in [5.74, 6) is -0.139. The molecular weight excluding hydrogens is 400 g/mol. The molecule has 2 aliphatic rings. The van der Waals surface area contributed by atoms with Crippen molar-refractivity contribution in [1.29, 1.82) is 0 Å². The van der Waals surface area contributed by atoms with Gasteiger partial charge in [-0.2, -0.15) is 0 Å². The zero-order valence-corrected chi connectivity index (χ0v) is 17.7. The first-order valence-corrected chi connectivity index (χ1v) is 10.7. The van der Waals surface area contributed by atoms with Crippen LogP contribution in [-0.2, 0) is 4.79 Å². The lowest BCUT2D eigenvalue weighted by Crippen LogP contribution is -2.22. The molecule has 2 N–H and O–H groups in total. The van der Waals surface area contributed by atoms with Crippen molar-refractivity contribution < 1.29 is 9.90 Å². The third-order valence-electron chi connectivity index (χ3n) is 4.74. The summed E-state index contributed by atoms with van der Waals surface area (Å²) in [5.41, 5.74) is 2.73. The van der Waals surface area contributed by atoms with E-state index in [0.717, 1.165) is 26.2 Å². The molecule has 0 amide bonds. The molecule has 29 heavy (non-hydrogen) atoms. The molecule has 146 valence electrons. The first-order valence-electron chi connectivity index (χ1n) is 9.05. The molecule has 1 aliphatic heterocycles. The van der Waals surface area contributed by atoms with Gasteiger partial charge in [-0.15, -0.1) is 0 Å². The van der Waals surface area contributed by atoms with Crippen LogP contribution in [-0.4, -0.2) is 25.0 Å². The fraction of sp³-hybridized carbons (Fsp3) is 0.0870. The van der Waals surface area contributed by atoms with Gasteiger partial charge in [0.15, 0.2) is 0 Å². The number of carbonyl (C=O) groups is 1. The van der Waals surface area contributed by atoms with E-state index in [1.54, 1.807) is 23.9 Å². The summed E-state index contributed by atoms with van der Waals surface area (Å²) in [6.45, 7) is 4.03. The summed E-state index contributed by atoms with van der Waals surface area (Å²) < 4.78 is 0. The summed E-state index contributed by atoms with van der Waals surface area (Å²) in [5, 5.41) is 14.5. The van der Waals surface area contributed by atoms with Crippen molar-refractivity contribution in [2.45, 2.75) is 9.79 Å². The molecule has 0 atom stereocenters. The monoisotopic (exact) mass is 420 g/mol. The first-order chi connectivity index (χ1) is 14.0. The van der Waals surface area contributed by atoms with E-state index in [0.29, 0.717) is 16.1 Å². The molecule has 0 radical (unpaired) electrons. The van der Waals surface area contributed by atoms with E-state index in [2.05, 4.69) is 11.9 Å². The number of ketones is 1. The molecule has 0 saturated carbocycles. The van der Waals surface area contributed by atoms with Crippen LogP contribution in [0, 0.1) is 0 Å². The number of allylic oxidation sites excluding steroid dienone is 4. The number of aliphatic hydroxyl groups is 1. The van der Waals surface area contributed by atoms with Gasteiger partial charge in [0.25, 0.3) is 0 Å². The quantitative estimate of drug-likeness (QED) is 0.475. The number of hydrogen-bond donors (Lipinski definition) is 2. The number of fused-ring (bicyclic) bond motifs is 1. The molecule has 0 saturated heterocycles. The minimum atomic E-state index is -0.163. The highest BCUT2D eigenvalue weighted by molar-refractivity contribution is 8.03. The zero-order chi connectivity index (χ0) is 20.5. The predicted octanol–water partition coefficient (Wildman–Crippen LogP) is 5.74. The Kier molecular flexibility index (Phi) is 5.30. The maximum Gasteiger partial charge on any atom is 0.200 e. The van der Waals surface area contributed by atoms with Crippen LogP contribution < -0.4 is 10.2 Å². The van der Waals surface area contributed by atoms with E-state index in [1.165, 1.54) is 11.8 Å². The summed E-state index contributed by atoms with van der Waals surface area (Å²) in [7, 11) is 3.82. The maximum atomic E-state index is 12.6. The fourth-order valence-electron chi connectivity index (χ4n) is 3.17. The number of para-hydroxylation sites is 2. The van der Waals surface area contributed by atoms with Crippen LogP contribution in [0.25, 0.3) is 0 Å². The molecule has 0 fully saturated rings. The number of hydrogen-bond acceptors (Lipinski definition) is 6.